The molecule has 0 bridgehead atoms. The minimum Gasteiger partial charge on any atom is -0.396 e. The van der Waals surface area contributed by atoms with E-state index in [0.717, 1.165) is 37.4 Å². The van der Waals surface area contributed by atoms with Crippen LogP contribution in [0.3, 0.4) is 0 Å². The Balaban J connectivity index is 1.52. The third-order valence-corrected chi connectivity index (χ3v) is 6.00. The fourth-order valence-corrected chi connectivity index (χ4v) is 4.12. The molecule has 0 unspecified atom stereocenters. The summed E-state index contributed by atoms with van der Waals surface area (Å²) < 4.78 is 1.87. The van der Waals surface area contributed by atoms with Gasteiger partial charge < -0.3 is 14.9 Å². The van der Waals surface area contributed by atoms with Crippen molar-refractivity contribution in [3.05, 3.63) is 60.2 Å². The number of rotatable bonds is 6. The predicted octanol–water partition coefficient (Wildman–Crippen LogP) is 2.53. The van der Waals surface area contributed by atoms with Crippen molar-refractivity contribution in [1.29, 1.82) is 0 Å². The SMILES string of the molecule is CN(C)[C@@H]1CC[C@H](CO)CN(c2nnnn2Cc2ccc(-c3ccccc3)cc2)C1. The second-order valence-electron chi connectivity index (χ2n) is 8.35. The first kappa shape index (κ1) is 20.5. The van der Waals surface area contributed by atoms with Gasteiger partial charge >= 0.3 is 0 Å². The zero-order valence-electron chi connectivity index (χ0n) is 17.7. The highest BCUT2D eigenvalue weighted by molar-refractivity contribution is 5.63. The van der Waals surface area contributed by atoms with Crippen molar-refractivity contribution in [2.75, 3.05) is 38.7 Å². The van der Waals surface area contributed by atoms with E-state index in [2.05, 4.69) is 88.0 Å². The molecule has 1 aromatic heterocycles. The van der Waals surface area contributed by atoms with Gasteiger partial charge in [0.1, 0.15) is 0 Å². The maximum absolute atomic E-state index is 9.78. The summed E-state index contributed by atoms with van der Waals surface area (Å²) in [5.41, 5.74) is 3.56. The van der Waals surface area contributed by atoms with E-state index in [4.69, 9.17) is 0 Å². The largest absolute Gasteiger partial charge is 0.396 e. The molecule has 2 atom stereocenters. The van der Waals surface area contributed by atoms with Crippen LogP contribution in [0.15, 0.2) is 54.6 Å². The molecule has 30 heavy (non-hydrogen) atoms. The van der Waals surface area contributed by atoms with Crippen molar-refractivity contribution in [2.24, 2.45) is 5.92 Å². The van der Waals surface area contributed by atoms with E-state index < -0.39 is 0 Å². The average Bonchev–Trinajstić information content (AvgIpc) is 3.11. The minimum atomic E-state index is 0.194. The van der Waals surface area contributed by atoms with Gasteiger partial charge in [-0.25, -0.2) is 4.68 Å². The summed E-state index contributed by atoms with van der Waals surface area (Å²) in [6.45, 7) is 2.44. The van der Waals surface area contributed by atoms with E-state index in [9.17, 15) is 5.11 Å². The fourth-order valence-electron chi connectivity index (χ4n) is 4.12. The fraction of sp³-hybridized carbons (Fsp3) is 0.435. The Morgan fingerprint density at radius 1 is 0.967 bits per heavy atom. The third kappa shape index (κ3) is 4.68. The molecule has 2 heterocycles. The van der Waals surface area contributed by atoms with Crippen LogP contribution in [0.5, 0.6) is 0 Å². The van der Waals surface area contributed by atoms with Crippen LogP contribution in [-0.4, -0.2) is 70.0 Å². The molecule has 4 rings (SSSR count). The van der Waals surface area contributed by atoms with E-state index >= 15 is 0 Å². The van der Waals surface area contributed by atoms with Gasteiger partial charge in [0, 0.05) is 25.7 Å². The van der Waals surface area contributed by atoms with Crippen LogP contribution in [-0.2, 0) is 6.54 Å². The van der Waals surface area contributed by atoms with Crippen molar-refractivity contribution < 1.29 is 5.11 Å². The molecule has 2 aromatic carbocycles. The summed E-state index contributed by atoms with van der Waals surface area (Å²) in [4.78, 5) is 4.49. The van der Waals surface area contributed by atoms with Crippen LogP contribution in [0.4, 0.5) is 5.95 Å². The number of likely N-dealkylation sites (N-methyl/N-ethyl adjacent to an activating group) is 1. The third-order valence-electron chi connectivity index (χ3n) is 6.00. The highest BCUT2D eigenvalue weighted by Gasteiger charge is 2.28. The number of tetrazole rings is 1. The van der Waals surface area contributed by atoms with Gasteiger partial charge in [0.2, 0.25) is 5.95 Å². The van der Waals surface area contributed by atoms with Crippen molar-refractivity contribution in [2.45, 2.75) is 25.4 Å². The lowest BCUT2D eigenvalue weighted by Gasteiger charge is -2.29. The van der Waals surface area contributed by atoms with E-state index in [1.807, 2.05) is 10.7 Å². The second-order valence-corrected chi connectivity index (χ2v) is 8.35. The zero-order valence-corrected chi connectivity index (χ0v) is 17.7. The first-order valence-corrected chi connectivity index (χ1v) is 10.6. The lowest BCUT2D eigenvalue weighted by atomic mass is 10.0. The molecule has 158 valence electrons. The standard InChI is InChI=1S/C23H30N6O/c1-27(2)22-13-10-19(17-30)14-28(16-22)23-24-25-26-29(23)15-18-8-11-21(12-9-18)20-6-4-3-5-7-20/h3-9,11-12,19,22,30H,10,13-17H2,1-2H3/t19-,22+/m0/s1. The first-order valence-electron chi connectivity index (χ1n) is 10.6. The zero-order chi connectivity index (χ0) is 20.9. The van der Waals surface area contributed by atoms with Gasteiger partial charge in [0.15, 0.2) is 0 Å². The number of anilines is 1. The lowest BCUT2D eigenvalue weighted by Crippen LogP contribution is -2.41. The quantitative estimate of drug-likeness (QED) is 0.678. The number of hydrogen-bond donors (Lipinski definition) is 1. The smallest absolute Gasteiger partial charge is 0.245 e. The number of aliphatic hydroxyl groups is 1. The van der Waals surface area contributed by atoms with Gasteiger partial charge in [-0.1, -0.05) is 59.7 Å². The van der Waals surface area contributed by atoms with E-state index in [1.54, 1.807) is 0 Å². The van der Waals surface area contributed by atoms with Crippen LogP contribution < -0.4 is 4.90 Å². The minimum absolute atomic E-state index is 0.194. The Hall–Kier alpha value is -2.77. The summed E-state index contributed by atoms with van der Waals surface area (Å²) >= 11 is 0. The number of aromatic nitrogens is 4. The maximum Gasteiger partial charge on any atom is 0.245 e. The van der Waals surface area contributed by atoms with Crippen LogP contribution in [0, 0.1) is 5.92 Å². The number of benzene rings is 2. The Morgan fingerprint density at radius 3 is 2.40 bits per heavy atom. The summed E-state index contributed by atoms with van der Waals surface area (Å²) in [6, 6.07) is 19.3. The number of hydrogen-bond acceptors (Lipinski definition) is 6. The molecule has 7 heteroatoms. The molecule has 1 aliphatic rings. The summed E-state index contributed by atoms with van der Waals surface area (Å²) in [5.74, 6) is 1.01. The topological polar surface area (TPSA) is 70.3 Å². The lowest BCUT2D eigenvalue weighted by molar-refractivity contribution is 0.216. The van der Waals surface area contributed by atoms with Gasteiger partial charge in [0.05, 0.1) is 6.54 Å². The maximum atomic E-state index is 9.78. The van der Waals surface area contributed by atoms with E-state index in [-0.39, 0.29) is 12.5 Å². The molecule has 1 fully saturated rings. The van der Waals surface area contributed by atoms with Crippen molar-refractivity contribution in [1.82, 2.24) is 25.1 Å². The summed E-state index contributed by atoms with van der Waals surface area (Å²) in [6.07, 6.45) is 2.08. The molecule has 7 nitrogen and oxygen atoms in total. The molecule has 3 aromatic rings. The highest BCUT2D eigenvalue weighted by Crippen LogP contribution is 2.24. The molecule has 0 spiro atoms. The molecular formula is C23H30N6O. The summed E-state index contributed by atoms with van der Waals surface area (Å²) in [5, 5.41) is 22.3. The van der Waals surface area contributed by atoms with Crippen LogP contribution in [0.1, 0.15) is 18.4 Å². The van der Waals surface area contributed by atoms with Crippen molar-refractivity contribution in [3.8, 4) is 11.1 Å². The molecule has 0 saturated carbocycles. The van der Waals surface area contributed by atoms with Gasteiger partial charge in [-0.05, 0) is 60.0 Å². The van der Waals surface area contributed by atoms with E-state index in [0.29, 0.717) is 12.6 Å². The second kappa shape index (κ2) is 9.36. The van der Waals surface area contributed by atoms with Crippen LogP contribution in [0.2, 0.25) is 0 Å². The Morgan fingerprint density at radius 2 is 1.70 bits per heavy atom. The molecule has 0 radical (unpaired) electrons. The van der Waals surface area contributed by atoms with Gasteiger partial charge in [-0.15, -0.1) is 0 Å². The normalized spacial score (nSPS) is 19.8. The highest BCUT2D eigenvalue weighted by atomic mass is 16.3. The monoisotopic (exact) mass is 406 g/mol. The Bertz CT molecular complexity index is 924. The molecule has 0 amide bonds. The van der Waals surface area contributed by atoms with Crippen LogP contribution >= 0.6 is 0 Å². The van der Waals surface area contributed by atoms with Crippen molar-refractivity contribution >= 4 is 5.95 Å². The average molecular weight is 407 g/mol. The number of aliphatic hydroxyl groups excluding tert-OH is 1. The Kier molecular flexibility index (Phi) is 6.40. The van der Waals surface area contributed by atoms with Crippen LogP contribution in [0.25, 0.3) is 11.1 Å². The van der Waals surface area contributed by atoms with Crippen molar-refractivity contribution in [3.63, 3.8) is 0 Å². The molecule has 1 aliphatic heterocycles. The molecule has 1 saturated heterocycles. The molecular weight excluding hydrogens is 376 g/mol. The van der Waals surface area contributed by atoms with Gasteiger partial charge in [0.25, 0.3) is 0 Å². The van der Waals surface area contributed by atoms with Gasteiger partial charge in [-0.2, -0.15) is 0 Å². The molecule has 1 N–H and O–H groups in total. The molecule has 0 aliphatic carbocycles. The van der Waals surface area contributed by atoms with E-state index in [1.165, 1.54) is 11.1 Å². The number of nitrogens with zero attached hydrogens (tertiary/aromatic N) is 6. The summed E-state index contributed by atoms with van der Waals surface area (Å²) in [7, 11) is 4.22. The Labute approximate surface area is 177 Å². The first-order chi connectivity index (χ1) is 14.6. The predicted molar refractivity (Wildman–Crippen MR) is 118 cm³/mol. The van der Waals surface area contributed by atoms with Gasteiger partial charge in [-0.3, -0.25) is 0 Å².